The van der Waals surface area contributed by atoms with E-state index in [4.69, 9.17) is 0 Å². The first kappa shape index (κ1) is 11.4. The van der Waals surface area contributed by atoms with Crippen LogP contribution in [0.2, 0.25) is 0 Å². The van der Waals surface area contributed by atoms with E-state index in [-0.39, 0.29) is 5.82 Å². The fraction of sp³-hybridized carbons (Fsp3) is 0.538. The van der Waals surface area contributed by atoms with E-state index in [2.05, 4.69) is 17.1 Å². The molecule has 0 amide bonds. The van der Waals surface area contributed by atoms with Crippen molar-refractivity contribution in [2.45, 2.75) is 19.8 Å². The molecule has 1 fully saturated rings. The smallest absolute Gasteiger partial charge is 0.146 e. The Bertz CT molecular complexity index is 346. The molecule has 0 bridgehead atoms. The molecule has 0 aliphatic carbocycles. The molecule has 0 saturated carbocycles. The first-order chi connectivity index (χ1) is 7.81. The molecule has 2 nitrogen and oxygen atoms in total. The number of piperazine rings is 1. The van der Waals surface area contributed by atoms with Gasteiger partial charge in [0.15, 0.2) is 0 Å². The largest absolute Gasteiger partial charge is 0.367 e. The van der Waals surface area contributed by atoms with Crippen LogP contribution in [0.15, 0.2) is 18.2 Å². The molecule has 1 N–H and O–H groups in total. The number of aryl methyl sites for hydroxylation is 1. The Balaban J connectivity index is 2.14. The van der Waals surface area contributed by atoms with Gasteiger partial charge in [-0.25, -0.2) is 4.39 Å². The topological polar surface area (TPSA) is 15.3 Å². The van der Waals surface area contributed by atoms with Crippen LogP contribution in [-0.2, 0) is 6.42 Å². The number of hydrogen-bond donors (Lipinski definition) is 1. The van der Waals surface area contributed by atoms with Crippen molar-refractivity contribution in [1.29, 1.82) is 0 Å². The fourth-order valence-corrected chi connectivity index (χ4v) is 2.16. The van der Waals surface area contributed by atoms with Gasteiger partial charge < -0.3 is 10.2 Å². The number of nitrogens with one attached hydrogen (secondary N) is 1. The van der Waals surface area contributed by atoms with Gasteiger partial charge in [-0.1, -0.05) is 19.4 Å². The fourth-order valence-electron chi connectivity index (χ4n) is 2.16. The molecule has 0 aromatic heterocycles. The third-order valence-corrected chi connectivity index (χ3v) is 3.01. The molecule has 1 saturated heterocycles. The lowest BCUT2D eigenvalue weighted by Crippen LogP contribution is -2.43. The number of benzene rings is 1. The summed E-state index contributed by atoms with van der Waals surface area (Å²) in [5.41, 5.74) is 1.85. The van der Waals surface area contributed by atoms with Crippen LogP contribution in [0.1, 0.15) is 18.9 Å². The zero-order valence-electron chi connectivity index (χ0n) is 9.80. The van der Waals surface area contributed by atoms with Crippen molar-refractivity contribution in [2.24, 2.45) is 0 Å². The third-order valence-electron chi connectivity index (χ3n) is 3.01. The van der Waals surface area contributed by atoms with Crippen LogP contribution in [0.5, 0.6) is 0 Å². The first-order valence-electron chi connectivity index (χ1n) is 6.05. The Hall–Kier alpha value is -1.09. The molecule has 1 aromatic rings. The van der Waals surface area contributed by atoms with E-state index >= 15 is 0 Å². The Morgan fingerprint density at radius 1 is 1.31 bits per heavy atom. The first-order valence-corrected chi connectivity index (χ1v) is 6.05. The summed E-state index contributed by atoms with van der Waals surface area (Å²) in [6.07, 6.45) is 2.02. The van der Waals surface area contributed by atoms with E-state index in [1.165, 1.54) is 0 Å². The summed E-state index contributed by atoms with van der Waals surface area (Å²) in [4.78, 5) is 2.11. The van der Waals surface area contributed by atoms with Crippen LogP contribution in [0.3, 0.4) is 0 Å². The predicted octanol–water partition coefficient (Wildman–Crippen LogP) is 2.19. The summed E-state index contributed by atoms with van der Waals surface area (Å²) >= 11 is 0. The highest BCUT2D eigenvalue weighted by molar-refractivity contribution is 5.49. The quantitative estimate of drug-likeness (QED) is 0.843. The summed E-state index contributed by atoms with van der Waals surface area (Å²) in [7, 11) is 0. The maximum absolute atomic E-state index is 13.9. The van der Waals surface area contributed by atoms with Gasteiger partial charge >= 0.3 is 0 Å². The molecule has 88 valence electrons. The van der Waals surface area contributed by atoms with Gasteiger partial charge in [0.25, 0.3) is 0 Å². The van der Waals surface area contributed by atoms with Gasteiger partial charge in [-0.15, -0.1) is 0 Å². The Morgan fingerprint density at radius 3 is 2.69 bits per heavy atom. The summed E-state index contributed by atoms with van der Waals surface area (Å²) in [5, 5.41) is 3.27. The zero-order chi connectivity index (χ0) is 11.4. The lowest BCUT2D eigenvalue weighted by molar-refractivity contribution is 0.565. The highest BCUT2D eigenvalue weighted by atomic mass is 19.1. The summed E-state index contributed by atoms with van der Waals surface area (Å²) in [6, 6.07) is 5.65. The molecule has 3 heteroatoms. The highest BCUT2D eigenvalue weighted by Gasteiger charge is 2.14. The maximum Gasteiger partial charge on any atom is 0.146 e. The standard InChI is InChI=1S/C13H19FN2/c1-2-3-11-4-5-13(12(14)10-11)16-8-6-15-7-9-16/h4-5,10,15H,2-3,6-9H2,1H3. The van der Waals surface area contributed by atoms with Crippen LogP contribution < -0.4 is 10.2 Å². The van der Waals surface area contributed by atoms with Crippen LogP contribution in [0.25, 0.3) is 0 Å². The van der Waals surface area contributed by atoms with Gasteiger partial charge in [0, 0.05) is 26.2 Å². The van der Waals surface area contributed by atoms with Crippen molar-refractivity contribution in [3.63, 3.8) is 0 Å². The van der Waals surface area contributed by atoms with Gasteiger partial charge in [0.2, 0.25) is 0 Å². The molecule has 1 aromatic carbocycles. The second-order valence-corrected chi connectivity index (χ2v) is 4.27. The highest BCUT2D eigenvalue weighted by Crippen LogP contribution is 2.21. The van der Waals surface area contributed by atoms with Crippen LogP contribution in [-0.4, -0.2) is 26.2 Å². The molecule has 0 radical (unpaired) electrons. The van der Waals surface area contributed by atoms with Crippen molar-refractivity contribution < 1.29 is 4.39 Å². The van der Waals surface area contributed by atoms with Gasteiger partial charge in [0.1, 0.15) is 5.82 Å². The molecular formula is C13H19FN2. The lowest BCUT2D eigenvalue weighted by atomic mass is 10.1. The number of halogens is 1. The van der Waals surface area contributed by atoms with Gasteiger partial charge in [0.05, 0.1) is 5.69 Å². The minimum atomic E-state index is -0.0761. The van der Waals surface area contributed by atoms with Crippen molar-refractivity contribution >= 4 is 5.69 Å². The van der Waals surface area contributed by atoms with E-state index in [1.807, 2.05) is 12.1 Å². The summed E-state index contributed by atoms with van der Waals surface area (Å²) < 4.78 is 13.9. The van der Waals surface area contributed by atoms with E-state index in [9.17, 15) is 4.39 Å². The van der Waals surface area contributed by atoms with E-state index < -0.39 is 0 Å². The van der Waals surface area contributed by atoms with E-state index in [0.29, 0.717) is 0 Å². The SMILES string of the molecule is CCCc1ccc(N2CCNCC2)c(F)c1. The molecule has 1 aliphatic rings. The maximum atomic E-state index is 13.9. The van der Waals surface area contributed by atoms with Crippen LogP contribution in [0.4, 0.5) is 10.1 Å². The normalized spacial score (nSPS) is 16.5. The van der Waals surface area contributed by atoms with Crippen molar-refractivity contribution in [2.75, 3.05) is 31.1 Å². The number of rotatable bonds is 3. The number of anilines is 1. The Morgan fingerprint density at radius 2 is 2.06 bits per heavy atom. The summed E-state index contributed by atoms with van der Waals surface area (Å²) in [6.45, 7) is 5.78. The second kappa shape index (κ2) is 5.30. The molecular weight excluding hydrogens is 203 g/mol. The number of nitrogens with zero attached hydrogens (tertiary/aromatic N) is 1. The second-order valence-electron chi connectivity index (χ2n) is 4.27. The Labute approximate surface area is 96.5 Å². The zero-order valence-corrected chi connectivity index (χ0v) is 9.80. The molecule has 1 aliphatic heterocycles. The minimum Gasteiger partial charge on any atom is -0.367 e. The van der Waals surface area contributed by atoms with Crippen molar-refractivity contribution in [3.05, 3.63) is 29.6 Å². The molecule has 16 heavy (non-hydrogen) atoms. The molecule has 2 rings (SSSR count). The molecule has 0 atom stereocenters. The van der Waals surface area contributed by atoms with Gasteiger partial charge in [-0.05, 0) is 24.1 Å². The van der Waals surface area contributed by atoms with Crippen LogP contribution >= 0.6 is 0 Å². The number of hydrogen-bond acceptors (Lipinski definition) is 2. The average Bonchev–Trinajstić information content (AvgIpc) is 2.31. The monoisotopic (exact) mass is 222 g/mol. The van der Waals surface area contributed by atoms with Gasteiger partial charge in [-0.2, -0.15) is 0 Å². The van der Waals surface area contributed by atoms with Crippen LogP contribution in [0, 0.1) is 5.82 Å². The molecule has 1 heterocycles. The van der Waals surface area contributed by atoms with Crippen molar-refractivity contribution in [1.82, 2.24) is 5.32 Å². The van der Waals surface area contributed by atoms with E-state index in [1.54, 1.807) is 6.07 Å². The lowest BCUT2D eigenvalue weighted by Gasteiger charge is -2.29. The summed E-state index contributed by atoms with van der Waals surface area (Å²) in [5.74, 6) is -0.0761. The molecule has 0 unspecified atom stereocenters. The predicted molar refractivity (Wildman–Crippen MR) is 65.5 cm³/mol. The minimum absolute atomic E-state index is 0.0761. The van der Waals surface area contributed by atoms with Gasteiger partial charge in [-0.3, -0.25) is 0 Å². The van der Waals surface area contributed by atoms with E-state index in [0.717, 1.165) is 50.3 Å². The molecule has 0 spiro atoms. The van der Waals surface area contributed by atoms with Crippen molar-refractivity contribution in [3.8, 4) is 0 Å². The average molecular weight is 222 g/mol. The third kappa shape index (κ3) is 2.53. The Kier molecular flexibility index (Phi) is 3.78.